The van der Waals surface area contributed by atoms with Crippen LogP contribution in [0.2, 0.25) is 0 Å². The average Bonchev–Trinajstić information content (AvgIpc) is 2.80. The fourth-order valence-electron chi connectivity index (χ4n) is 4.69. The maximum absolute atomic E-state index is 14.6. The zero-order valence-corrected chi connectivity index (χ0v) is 17.2. The zero-order chi connectivity index (χ0) is 20.3. The Morgan fingerprint density at radius 3 is 1.28 bits per heavy atom. The van der Waals surface area contributed by atoms with Crippen molar-refractivity contribution >= 4 is 27.8 Å². The number of rotatable bonds is 5. The summed E-state index contributed by atoms with van der Waals surface area (Å²) in [6.45, 7) is -1.15. The van der Waals surface area contributed by atoms with Crippen molar-refractivity contribution in [3.8, 4) is 0 Å². The van der Waals surface area contributed by atoms with Gasteiger partial charge in [0.25, 0.3) is 0 Å². The Balaban J connectivity index is 2.28. The molecule has 0 aromatic heterocycles. The number of benzene rings is 4. The standard InChI is InChI=1S/C26H23F2P/c1-2-29(21-12-6-3-7-13-21,22-14-8-4-9-15-22,23-16-10-5-11-17-23)24-18-19-25(27)26(28)20-24/h3-20H,2H2,1H3. The normalized spacial score (nSPS) is 12.9. The molecule has 0 N–H and O–H groups in total. The molecule has 0 fully saturated rings. The van der Waals surface area contributed by atoms with Crippen molar-refractivity contribution in [1.29, 1.82) is 0 Å². The van der Waals surface area contributed by atoms with Gasteiger partial charge in [-0.3, -0.25) is 0 Å². The third-order valence-corrected chi connectivity index (χ3v) is 13.1. The van der Waals surface area contributed by atoms with Crippen LogP contribution in [0.3, 0.4) is 0 Å². The van der Waals surface area contributed by atoms with Gasteiger partial charge in [-0.15, -0.1) is 0 Å². The molecule has 0 saturated heterocycles. The molecule has 0 nitrogen and oxygen atoms in total. The van der Waals surface area contributed by atoms with Crippen LogP contribution < -0.4 is 21.2 Å². The van der Waals surface area contributed by atoms with Crippen LogP contribution in [0.5, 0.6) is 0 Å². The van der Waals surface area contributed by atoms with Gasteiger partial charge in [0, 0.05) is 0 Å². The molecule has 146 valence electrons. The molecule has 0 saturated carbocycles. The molecule has 0 heterocycles. The Hall–Kier alpha value is -2.83. The van der Waals surface area contributed by atoms with E-state index in [1.165, 1.54) is 12.1 Å². The first-order valence-corrected chi connectivity index (χ1v) is 12.2. The van der Waals surface area contributed by atoms with Gasteiger partial charge in [-0.05, 0) is 0 Å². The number of hydrogen-bond acceptors (Lipinski definition) is 0. The first kappa shape index (κ1) is 19.5. The van der Waals surface area contributed by atoms with E-state index in [9.17, 15) is 8.78 Å². The van der Waals surface area contributed by atoms with Crippen molar-refractivity contribution in [2.75, 3.05) is 6.16 Å². The monoisotopic (exact) mass is 404 g/mol. The molecule has 0 radical (unpaired) electrons. The van der Waals surface area contributed by atoms with Gasteiger partial charge in [0.05, 0.1) is 0 Å². The molecule has 4 aromatic rings. The molecule has 0 aliphatic rings. The third-order valence-electron chi connectivity index (χ3n) is 6.08. The summed E-state index contributed by atoms with van der Waals surface area (Å²) in [5.74, 6) is -1.64. The summed E-state index contributed by atoms with van der Waals surface area (Å²) in [6.07, 6.45) is 0.759. The molecule has 4 rings (SSSR count). The molecule has 4 aromatic carbocycles. The average molecular weight is 404 g/mol. The summed E-state index contributed by atoms with van der Waals surface area (Å²) in [5.41, 5.74) is 0. The Morgan fingerprint density at radius 1 is 0.517 bits per heavy atom. The van der Waals surface area contributed by atoms with E-state index in [2.05, 4.69) is 43.3 Å². The summed E-state index contributed by atoms with van der Waals surface area (Å²) in [7, 11) is 0. The molecule has 0 unspecified atom stereocenters. The van der Waals surface area contributed by atoms with Gasteiger partial charge in [-0.2, -0.15) is 0 Å². The van der Waals surface area contributed by atoms with E-state index in [-0.39, 0.29) is 0 Å². The molecule has 0 aliphatic heterocycles. The van der Waals surface area contributed by atoms with Crippen molar-refractivity contribution in [2.24, 2.45) is 0 Å². The van der Waals surface area contributed by atoms with Crippen LogP contribution >= 0.6 is 6.60 Å². The van der Waals surface area contributed by atoms with Crippen molar-refractivity contribution in [3.63, 3.8) is 0 Å². The van der Waals surface area contributed by atoms with E-state index in [1.807, 2.05) is 54.6 Å². The van der Waals surface area contributed by atoms with E-state index in [1.54, 1.807) is 6.07 Å². The Labute approximate surface area is 170 Å². The van der Waals surface area contributed by atoms with Crippen LogP contribution in [0, 0.1) is 11.6 Å². The second kappa shape index (κ2) is 7.54. The van der Waals surface area contributed by atoms with Crippen molar-refractivity contribution in [1.82, 2.24) is 0 Å². The maximum atomic E-state index is 14.6. The van der Waals surface area contributed by atoms with E-state index < -0.39 is 18.2 Å². The molecule has 0 amide bonds. The fourth-order valence-corrected chi connectivity index (χ4v) is 11.2. The van der Waals surface area contributed by atoms with E-state index in [0.29, 0.717) is 0 Å². The van der Waals surface area contributed by atoms with Crippen LogP contribution in [-0.4, -0.2) is 6.16 Å². The van der Waals surface area contributed by atoms with E-state index in [4.69, 9.17) is 0 Å². The quantitative estimate of drug-likeness (QED) is 0.404. The van der Waals surface area contributed by atoms with E-state index >= 15 is 0 Å². The van der Waals surface area contributed by atoms with Gasteiger partial charge in [0.1, 0.15) is 0 Å². The molecule has 3 heteroatoms. The van der Waals surface area contributed by atoms with Gasteiger partial charge in [-0.25, -0.2) is 0 Å². The van der Waals surface area contributed by atoms with Crippen LogP contribution in [-0.2, 0) is 0 Å². The van der Waals surface area contributed by atoms with Crippen LogP contribution in [0.1, 0.15) is 6.92 Å². The van der Waals surface area contributed by atoms with Gasteiger partial charge in [0.15, 0.2) is 0 Å². The predicted octanol–water partition coefficient (Wildman–Crippen LogP) is 5.14. The Kier molecular flexibility index (Phi) is 5.06. The first-order chi connectivity index (χ1) is 14.1. The van der Waals surface area contributed by atoms with Gasteiger partial charge in [-0.1, -0.05) is 0 Å². The second-order valence-corrected chi connectivity index (χ2v) is 12.5. The second-order valence-electron chi connectivity index (χ2n) is 7.22. The zero-order valence-electron chi connectivity index (χ0n) is 16.3. The number of hydrogen-bond donors (Lipinski definition) is 0. The van der Waals surface area contributed by atoms with Gasteiger partial charge < -0.3 is 0 Å². The van der Waals surface area contributed by atoms with Gasteiger partial charge in [0.2, 0.25) is 0 Å². The molecule has 0 atom stereocenters. The van der Waals surface area contributed by atoms with Crippen LogP contribution in [0.25, 0.3) is 0 Å². The molecular weight excluding hydrogens is 381 g/mol. The summed E-state index contributed by atoms with van der Waals surface area (Å²) in [6, 6.07) is 35.3. The molecule has 0 spiro atoms. The van der Waals surface area contributed by atoms with Crippen molar-refractivity contribution in [3.05, 3.63) is 121 Å². The van der Waals surface area contributed by atoms with Gasteiger partial charge >= 0.3 is 171 Å². The van der Waals surface area contributed by atoms with Crippen molar-refractivity contribution in [2.45, 2.75) is 6.92 Å². The first-order valence-electron chi connectivity index (χ1n) is 9.77. The summed E-state index contributed by atoms with van der Waals surface area (Å²) >= 11 is 0. The summed E-state index contributed by atoms with van der Waals surface area (Å²) in [4.78, 5) is 0. The fraction of sp³-hybridized carbons (Fsp3) is 0.0769. The molecule has 0 bridgehead atoms. The van der Waals surface area contributed by atoms with E-state index in [0.717, 1.165) is 27.4 Å². The third kappa shape index (κ3) is 2.74. The minimum absolute atomic E-state index is 0.759. The molecule has 29 heavy (non-hydrogen) atoms. The van der Waals surface area contributed by atoms with Crippen LogP contribution in [0.4, 0.5) is 8.78 Å². The van der Waals surface area contributed by atoms with Crippen LogP contribution in [0.15, 0.2) is 109 Å². The van der Waals surface area contributed by atoms with Crippen molar-refractivity contribution < 1.29 is 8.78 Å². The molecule has 0 aliphatic carbocycles. The molecular formula is C26H23F2P. The topological polar surface area (TPSA) is 0 Å². The minimum atomic E-state index is -3.31. The number of halogens is 2. The SMILES string of the molecule is CCP(c1ccccc1)(c1ccccc1)(c1ccccc1)c1ccc(F)c(F)c1. The predicted molar refractivity (Wildman–Crippen MR) is 122 cm³/mol. The Morgan fingerprint density at radius 2 is 0.931 bits per heavy atom. The Bertz CT molecular complexity index is 1010. The summed E-state index contributed by atoms with van der Waals surface area (Å²) in [5, 5.41) is 4.26. The summed E-state index contributed by atoms with van der Waals surface area (Å²) < 4.78 is 28.6.